The van der Waals surface area contributed by atoms with Crippen molar-refractivity contribution in [3.05, 3.63) is 0 Å². The number of unbranched alkanes of at least 4 members (excludes halogenated alkanes) is 4. The van der Waals surface area contributed by atoms with Crippen molar-refractivity contribution in [2.24, 2.45) is 0 Å². The number of hydrogen-bond donors (Lipinski definition) is 3. The Hall–Kier alpha value is 0.320. The van der Waals surface area contributed by atoms with Gasteiger partial charge in [-0.3, -0.25) is 0 Å². The molecule has 0 spiro atoms. The van der Waals surface area contributed by atoms with Crippen LogP contribution in [0.2, 0.25) is 0 Å². The molecule has 0 aromatic rings. The molecule has 4 nitrogen and oxygen atoms in total. The van der Waals surface area contributed by atoms with Gasteiger partial charge in [0.05, 0.1) is 39.4 Å². The first-order valence-corrected chi connectivity index (χ1v) is 9.80. The summed E-state index contributed by atoms with van der Waals surface area (Å²) in [5, 5.41) is 24.0. The minimum atomic E-state index is -0.954. The van der Waals surface area contributed by atoms with E-state index < -0.39 is 6.10 Å². The van der Waals surface area contributed by atoms with E-state index in [1.54, 1.807) is 0 Å². The molecule has 0 saturated carbocycles. The maximum atomic E-state index is 8.17. The van der Waals surface area contributed by atoms with Crippen LogP contribution in [-0.2, 0) is 0 Å². The van der Waals surface area contributed by atoms with Crippen molar-refractivity contribution in [1.29, 1.82) is 0 Å². The molecule has 0 saturated heterocycles. The Kier molecular flexibility index (Phi) is 25.9. The molecule has 3 N–H and O–H groups in total. The van der Waals surface area contributed by atoms with Gasteiger partial charge in [-0.1, -0.05) is 53.4 Å². The normalized spacial score (nSPS) is 11.0. The van der Waals surface area contributed by atoms with Gasteiger partial charge < -0.3 is 36.8 Å². The molecule has 150 valence electrons. The molecule has 0 heterocycles. The topological polar surface area (TPSA) is 60.7 Å². The SMILES string of the molecule is CCCC[N+](CCCC)(CCCC)CCCC.OCC(O)CO.[Br-]. The van der Waals surface area contributed by atoms with Gasteiger partial charge in [0.1, 0.15) is 6.10 Å². The van der Waals surface area contributed by atoms with Crippen LogP contribution in [0.4, 0.5) is 0 Å². The Balaban J connectivity index is -0.000000538. The van der Waals surface area contributed by atoms with E-state index >= 15 is 0 Å². The molecule has 0 aliphatic heterocycles. The molecule has 0 amide bonds. The highest BCUT2D eigenvalue weighted by atomic mass is 79.9. The lowest BCUT2D eigenvalue weighted by atomic mass is 10.1. The second-order valence-electron chi connectivity index (χ2n) is 6.67. The fourth-order valence-electron chi connectivity index (χ4n) is 2.70. The maximum absolute atomic E-state index is 8.17. The predicted octanol–water partition coefficient (Wildman–Crippen LogP) is 0.340. The van der Waals surface area contributed by atoms with Crippen molar-refractivity contribution in [3.8, 4) is 0 Å². The van der Waals surface area contributed by atoms with Crippen molar-refractivity contribution in [1.82, 2.24) is 0 Å². The summed E-state index contributed by atoms with van der Waals surface area (Å²) < 4.78 is 1.42. The van der Waals surface area contributed by atoms with E-state index in [1.807, 2.05) is 0 Å². The number of nitrogens with zero attached hydrogens (tertiary/aromatic N) is 1. The van der Waals surface area contributed by atoms with E-state index in [4.69, 9.17) is 15.3 Å². The predicted molar refractivity (Wildman–Crippen MR) is 99.5 cm³/mol. The molecule has 24 heavy (non-hydrogen) atoms. The van der Waals surface area contributed by atoms with Crippen LogP contribution >= 0.6 is 0 Å². The van der Waals surface area contributed by atoms with Crippen LogP contribution in [0.15, 0.2) is 0 Å². The van der Waals surface area contributed by atoms with Gasteiger partial charge in [0.2, 0.25) is 0 Å². The molecule has 0 aliphatic rings. The summed E-state index contributed by atoms with van der Waals surface area (Å²) in [5.41, 5.74) is 0. The van der Waals surface area contributed by atoms with E-state index in [0.717, 1.165) is 0 Å². The standard InChI is InChI=1S/C16H36N.C3H8O3.BrH/c1-5-9-13-17(14-10-6-2,15-11-7-3)16-12-8-4;4-1-3(6)2-5;/h5-16H2,1-4H3;3-6H,1-2H2;1H/q+1;;/p-1. The van der Waals surface area contributed by atoms with Crippen molar-refractivity contribution < 1.29 is 36.8 Å². The zero-order chi connectivity index (χ0) is 18.0. The van der Waals surface area contributed by atoms with Gasteiger partial charge in [0.15, 0.2) is 0 Å². The highest BCUT2D eigenvalue weighted by molar-refractivity contribution is 4.49. The Morgan fingerprint density at radius 2 is 0.875 bits per heavy atom. The monoisotopic (exact) mass is 413 g/mol. The number of quaternary nitrogens is 1. The highest BCUT2D eigenvalue weighted by Crippen LogP contribution is 2.16. The minimum absolute atomic E-state index is 0. The van der Waals surface area contributed by atoms with Crippen LogP contribution in [0.25, 0.3) is 0 Å². The maximum Gasteiger partial charge on any atom is 0.100 e. The third-order valence-corrected chi connectivity index (χ3v) is 4.37. The zero-order valence-corrected chi connectivity index (χ0v) is 18.2. The Bertz CT molecular complexity index is 189. The lowest BCUT2D eigenvalue weighted by Gasteiger charge is -2.39. The van der Waals surface area contributed by atoms with Crippen molar-refractivity contribution in [2.75, 3.05) is 39.4 Å². The molecule has 0 aromatic heterocycles. The zero-order valence-electron chi connectivity index (χ0n) is 16.6. The summed E-state index contributed by atoms with van der Waals surface area (Å²) in [6.45, 7) is 14.3. The average molecular weight is 414 g/mol. The number of rotatable bonds is 14. The summed E-state index contributed by atoms with van der Waals surface area (Å²) in [7, 11) is 0. The van der Waals surface area contributed by atoms with E-state index in [9.17, 15) is 0 Å². The van der Waals surface area contributed by atoms with Crippen LogP contribution in [0.5, 0.6) is 0 Å². The minimum Gasteiger partial charge on any atom is -1.00 e. The first kappa shape index (κ1) is 29.1. The van der Waals surface area contributed by atoms with Crippen LogP contribution in [-0.4, -0.2) is 65.3 Å². The third-order valence-electron chi connectivity index (χ3n) is 4.37. The highest BCUT2D eigenvalue weighted by Gasteiger charge is 2.24. The molecule has 0 radical (unpaired) electrons. The number of hydrogen-bond acceptors (Lipinski definition) is 3. The van der Waals surface area contributed by atoms with E-state index in [-0.39, 0.29) is 30.2 Å². The molecule has 0 aliphatic carbocycles. The van der Waals surface area contributed by atoms with Crippen molar-refractivity contribution in [3.63, 3.8) is 0 Å². The number of aliphatic hydroxyl groups is 3. The second kappa shape index (κ2) is 21.4. The quantitative estimate of drug-likeness (QED) is 0.359. The number of halogens is 1. The van der Waals surface area contributed by atoms with Crippen LogP contribution < -0.4 is 17.0 Å². The molecule has 0 rings (SSSR count). The average Bonchev–Trinajstić information content (AvgIpc) is 2.60. The molecule has 0 bridgehead atoms. The Labute approximate surface area is 161 Å². The fourth-order valence-corrected chi connectivity index (χ4v) is 2.70. The lowest BCUT2D eigenvalue weighted by molar-refractivity contribution is -0.929. The van der Waals surface area contributed by atoms with Gasteiger partial charge in [-0.2, -0.15) is 0 Å². The van der Waals surface area contributed by atoms with E-state index in [2.05, 4.69) is 27.7 Å². The van der Waals surface area contributed by atoms with Gasteiger partial charge in [0, 0.05) is 0 Å². The van der Waals surface area contributed by atoms with Gasteiger partial charge in [-0.05, 0) is 25.7 Å². The van der Waals surface area contributed by atoms with E-state index in [1.165, 1.54) is 82.0 Å². The summed E-state index contributed by atoms with van der Waals surface area (Å²) in [5.74, 6) is 0. The first-order chi connectivity index (χ1) is 11.1. The largest absolute Gasteiger partial charge is 1.00 e. The van der Waals surface area contributed by atoms with Crippen molar-refractivity contribution in [2.45, 2.75) is 85.2 Å². The molecular weight excluding hydrogens is 370 g/mol. The van der Waals surface area contributed by atoms with Crippen LogP contribution in [0, 0.1) is 0 Å². The molecule has 0 unspecified atom stereocenters. The molecular formula is C19H44BrNO3. The van der Waals surface area contributed by atoms with Gasteiger partial charge in [-0.15, -0.1) is 0 Å². The molecule has 0 fully saturated rings. The van der Waals surface area contributed by atoms with E-state index in [0.29, 0.717) is 0 Å². The number of aliphatic hydroxyl groups excluding tert-OH is 3. The summed E-state index contributed by atoms with van der Waals surface area (Å²) in [6.07, 6.45) is 10.1. The second-order valence-corrected chi connectivity index (χ2v) is 6.67. The Morgan fingerprint density at radius 1 is 0.625 bits per heavy atom. The summed E-state index contributed by atoms with van der Waals surface area (Å²) in [4.78, 5) is 0. The smallest absolute Gasteiger partial charge is 0.100 e. The Morgan fingerprint density at radius 3 is 1.00 bits per heavy atom. The summed E-state index contributed by atoms with van der Waals surface area (Å²) >= 11 is 0. The molecule has 5 heteroatoms. The summed E-state index contributed by atoms with van der Waals surface area (Å²) in [6, 6.07) is 0. The molecule has 0 aromatic carbocycles. The molecule has 0 atom stereocenters. The first-order valence-electron chi connectivity index (χ1n) is 9.80. The van der Waals surface area contributed by atoms with Gasteiger partial charge in [-0.25, -0.2) is 0 Å². The third kappa shape index (κ3) is 17.2. The lowest BCUT2D eigenvalue weighted by Crippen LogP contribution is -3.00. The van der Waals surface area contributed by atoms with Crippen molar-refractivity contribution >= 4 is 0 Å². The fraction of sp³-hybridized carbons (Fsp3) is 1.00. The van der Waals surface area contributed by atoms with Crippen LogP contribution in [0.3, 0.4) is 0 Å². The van der Waals surface area contributed by atoms with Crippen LogP contribution in [0.1, 0.15) is 79.1 Å². The van der Waals surface area contributed by atoms with Gasteiger partial charge >= 0.3 is 0 Å². The van der Waals surface area contributed by atoms with Gasteiger partial charge in [0.25, 0.3) is 0 Å².